The Balaban J connectivity index is 2.94. The number of rotatable bonds is 2. The zero-order valence-corrected chi connectivity index (χ0v) is 11.7. The lowest BCUT2D eigenvalue weighted by Gasteiger charge is -2.18. The minimum Gasteiger partial charge on any atom is -0.591 e. The van der Waals surface area contributed by atoms with Gasteiger partial charge >= 0.3 is 0 Å². The van der Waals surface area contributed by atoms with Gasteiger partial charge in [0.2, 0.25) is 0 Å². The van der Waals surface area contributed by atoms with Gasteiger partial charge in [0.05, 0.1) is 5.71 Å². The molecule has 0 saturated heterocycles. The minimum absolute atomic E-state index is 0.320. The highest BCUT2D eigenvalue weighted by Gasteiger charge is 2.26. The summed E-state index contributed by atoms with van der Waals surface area (Å²) in [5.41, 5.74) is 1.74. The van der Waals surface area contributed by atoms with Crippen molar-refractivity contribution in [1.29, 1.82) is 0 Å². The van der Waals surface area contributed by atoms with Gasteiger partial charge in [-0.3, -0.25) is 0 Å². The molecule has 88 valence electrons. The van der Waals surface area contributed by atoms with E-state index in [4.69, 9.17) is 0 Å². The van der Waals surface area contributed by atoms with Gasteiger partial charge in [-0.15, -0.1) is 12.6 Å². The molecule has 0 radical (unpaired) electrons. The van der Waals surface area contributed by atoms with Crippen LogP contribution in [0, 0.1) is 0 Å². The molecule has 1 aromatic rings. The first-order valence-corrected chi connectivity index (χ1v) is 6.63. The van der Waals surface area contributed by atoms with Crippen molar-refractivity contribution in [1.82, 2.24) is 0 Å². The van der Waals surface area contributed by atoms with Gasteiger partial charge in [-0.2, -0.15) is 0 Å². The molecule has 0 aliphatic carbocycles. The molecule has 0 bridgehead atoms. The third-order valence-electron chi connectivity index (χ3n) is 2.01. The van der Waals surface area contributed by atoms with Crippen LogP contribution in [0.1, 0.15) is 33.3 Å². The van der Waals surface area contributed by atoms with E-state index in [1.54, 1.807) is 0 Å². The first-order valence-electron chi connectivity index (χ1n) is 5.07. The first kappa shape index (κ1) is 13.6. The Morgan fingerprint density at radius 2 is 2.00 bits per heavy atom. The van der Waals surface area contributed by atoms with Gasteiger partial charge in [-0.05, 0) is 39.8 Å². The summed E-state index contributed by atoms with van der Waals surface area (Å²) in [6, 6.07) is 7.68. The van der Waals surface area contributed by atoms with Crippen LogP contribution in [0.15, 0.2) is 33.6 Å². The predicted molar refractivity (Wildman–Crippen MR) is 73.8 cm³/mol. The second kappa shape index (κ2) is 5.25. The van der Waals surface area contributed by atoms with Gasteiger partial charge in [0.1, 0.15) is 16.1 Å². The van der Waals surface area contributed by atoms with E-state index in [2.05, 4.69) is 17.0 Å². The van der Waals surface area contributed by atoms with Gasteiger partial charge < -0.3 is 4.55 Å². The molecule has 1 unspecified atom stereocenters. The fourth-order valence-electron chi connectivity index (χ4n) is 1.04. The van der Waals surface area contributed by atoms with Crippen LogP contribution in [0.25, 0.3) is 0 Å². The summed E-state index contributed by atoms with van der Waals surface area (Å²) in [5, 5.41) is 0. The Morgan fingerprint density at radius 3 is 2.50 bits per heavy atom. The lowest BCUT2D eigenvalue weighted by molar-refractivity contribution is 0.561. The van der Waals surface area contributed by atoms with Crippen molar-refractivity contribution in [3.05, 3.63) is 29.8 Å². The highest BCUT2D eigenvalue weighted by molar-refractivity contribution is 7.91. The zero-order valence-electron chi connectivity index (χ0n) is 10.0. The van der Waals surface area contributed by atoms with E-state index in [9.17, 15) is 4.55 Å². The molecule has 0 fully saturated rings. The van der Waals surface area contributed by atoms with Gasteiger partial charge in [0, 0.05) is 10.5 Å². The van der Waals surface area contributed by atoms with E-state index in [1.165, 1.54) is 0 Å². The Bertz CT molecular complexity index is 396. The molecule has 0 spiro atoms. The SMILES string of the molecule is CC(=N[S+]([O-])C(C)(C)C)c1cccc(S)c1. The normalized spacial score (nSPS) is 15.0. The molecule has 1 rings (SSSR count). The molecule has 16 heavy (non-hydrogen) atoms. The van der Waals surface area contributed by atoms with Crippen LogP contribution in [-0.2, 0) is 11.4 Å². The lowest BCUT2D eigenvalue weighted by atomic mass is 10.1. The molecule has 4 heteroatoms. The van der Waals surface area contributed by atoms with E-state index < -0.39 is 11.4 Å². The van der Waals surface area contributed by atoms with Crippen molar-refractivity contribution in [2.45, 2.75) is 37.3 Å². The summed E-state index contributed by atoms with van der Waals surface area (Å²) in [6.45, 7) is 7.60. The highest BCUT2D eigenvalue weighted by Crippen LogP contribution is 2.19. The number of thiol groups is 1. The Morgan fingerprint density at radius 1 is 1.38 bits per heavy atom. The molecule has 0 saturated carbocycles. The molecule has 0 aromatic heterocycles. The number of benzene rings is 1. The quantitative estimate of drug-likeness (QED) is 0.491. The maximum atomic E-state index is 11.8. The van der Waals surface area contributed by atoms with Crippen LogP contribution in [0.5, 0.6) is 0 Å². The number of hydrogen-bond donors (Lipinski definition) is 1. The van der Waals surface area contributed by atoms with Crippen LogP contribution >= 0.6 is 12.6 Å². The molecule has 2 nitrogen and oxygen atoms in total. The summed E-state index contributed by atoms with van der Waals surface area (Å²) >= 11 is 3.05. The van der Waals surface area contributed by atoms with E-state index in [0.29, 0.717) is 0 Å². The van der Waals surface area contributed by atoms with Crippen molar-refractivity contribution in [3.8, 4) is 0 Å². The van der Waals surface area contributed by atoms with E-state index in [0.717, 1.165) is 16.2 Å². The second-order valence-electron chi connectivity index (χ2n) is 4.59. The van der Waals surface area contributed by atoms with E-state index in [-0.39, 0.29) is 4.75 Å². The van der Waals surface area contributed by atoms with Crippen LogP contribution in [-0.4, -0.2) is 15.0 Å². The Labute approximate surface area is 106 Å². The van der Waals surface area contributed by atoms with E-state index in [1.807, 2.05) is 52.0 Å². The van der Waals surface area contributed by atoms with Crippen LogP contribution in [0.3, 0.4) is 0 Å². The van der Waals surface area contributed by atoms with Crippen molar-refractivity contribution in [2.75, 3.05) is 0 Å². The Hall–Kier alpha value is -0.450. The summed E-state index contributed by atoms with van der Waals surface area (Å²) < 4.78 is 15.7. The summed E-state index contributed by atoms with van der Waals surface area (Å²) in [5.74, 6) is 0. The van der Waals surface area contributed by atoms with Crippen molar-refractivity contribution in [2.24, 2.45) is 4.40 Å². The van der Waals surface area contributed by atoms with E-state index >= 15 is 0 Å². The molecule has 1 aromatic carbocycles. The topological polar surface area (TPSA) is 35.4 Å². The number of nitrogens with zero attached hydrogens (tertiary/aromatic N) is 1. The largest absolute Gasteiger partial charge is 0.591 e. The fourth-order valence-corrected chi connectivity index (χ4v) is 1.90. The molecule has 0 N–H and O–H groups in total. The van der Waals surface area contributed by atoms with Crippen molar-refractivity contribution >= 4 is 29.7 Å². The maximum absolute atomic E-state index is 11.8. The average Bonchev–Trinajstić information content (AvgIpc) is 2.16. The Kier molecular flexibility index (Phi) is 4.47. The number of hydrogen-bond acceptors (Lipinski definition) is 3. The molecule has 1 atom stereocenters. The lowest BCUT2D eigenvalue weighted by Crippen LogP contribution is -2.26. The highest BCUT2D eigenvalue weighted by atomic mass is 32.2. The molecular weight excluding hydrogens is 238 g/mol. The molecular formula is C12H17NOS2. The van der Waals surface area contributed by atoms with Crippen LogP contribution in [0.4, 0.5) is 0 Å². The van der Waals surface area contributed by atoms with Gasteiger partial charge in [0.25, 0.3) is 0 Å². The average molecular weight is 255 g/mol. The van der Waals surface area contributed by atoms with Gasteiger partial charge in [0.15, 0.2) is 0 Å². The van der Waals surface area contributed by atoms with Gasteiger partial charge in [-0.25, -0.2) is 0 Å². The van der Waals surface area contributed by atoms with Crippen LogP contribution in [0.2, 0.25) is 0 Å². The maximum Gasteiger partial charge on any atom is 0.144 e. The second-order valence-corrected chi connectivity index (χ2v) is 7.01. The predicted octanol–water partition coefficient (Wildman–Crippen LogP) is 3.25. The fraction of sp³-hybridized carbons (Fsp3) is 0.417. The zero-order chi connectivity index (χ0) is 12.3. The standard InChI is InChI=1S/C12H17NOS2/c1-9(13-16(14)12(2,3)4)10-6-5-7-11(15)8-10/h5-8,15H,1-4H3. The summed E-state index contributed by atoms with van der Waals surface area (Å²) in [7, 11) is 0. The van der Waals surface area contributed by atoms with Crippen molar-refractivity contribution in [3.63, 3.8) is 0 Å². The molecule has 0 aliphatic heterocycles. The third kappa shape index (κ3) is 3.85. The van der Waals surface area contributed by atoms with Crippen molar-refractivity contribution < 1.29 is 4.55 Å². The summed E-state index contributed by atoms with van der Waals surface area (Å²) in [6.07, 6.45) is 0. The monoisotopic (exact) mass is 255 g/mol. The smallest absolute Gasteiger partial charge is 0.144 e. The first-order chi connectivity index (χ1) is 7.30. The summed E-state index contributed by atoms with van der Waals surface area (Å²) in [4.78, 5) is 0.883. The molecule has 0 amide bonds. The van der Waals surface area contributed by atoms with Crippen LogP contribution < -0.4 is 0 Å². The third-order valence-corrected chi connectivity index (χ3v) is 3.77. The minimum atomic E-state index is -1.21. The molecule has 0 heterocycles. The van der Waals surface area contributed by atoms with Gasteiger partial charge in [-0.1, -0.05) is 16.5 Å². The molecule has 0 aliphatic rings.